The van der Waals surface area contributed by atoms with Crippen molar-refractivity contribution in [1.82, 2.24) is 0 Å². The Morgan fingerprint density at radius 1 is 0.950 bits per heavy atom. The van der Waals surface area contributed by atoms with E-state index in [4.69, 9.17) is 15.3 Å². The summed E-state index contributed by atoms with van der Waals surface area (Å²) in [6.45, 7) is 9.43. The number of carbonyl (C=O) groups is 3. The Bertz CT molecular complexity index is 295. The summed E-state index contributed by atoms with van der Waals surface area (Å²) in [4.78, 5) is 28.8. The summed E-state index contributed by atoms with van der Waals surface area (Å²) >= 11 is 0. The molecule has 0 aliphatic carbocycles. The Morgan fingerprint density at radius 2 is 1.30 bits per heavy atom. The van der Waals surface area contributed by atoms with Gasteiger partial charge in [0.1, 0.15) is 0 Å². The third-order valence-electron chi connectivity index (χ3n) is 1.06. The predicted molar refractivity (Wildman–Crippen MR) is 74.3 cm³/mol. The van der Waals surface area contributed by atoms with E-state index in [1.807, 2.05) is 0 Å². The van der Waals surface area contributed by atoms with E-state index in [1.54, 1.807) is 0 Å². The van der Waals surface area contributed by atoms with Crippen LogP contribution in [0.25, 0.3) is 0 Å². The summed E-state index contributed by atoms with van der Waals surface area (Å²) in [5.74, 6) is -2.40. The predicted octanol–water partition coefficient (Wildman–Crippen LogP) is 0.231. The van der Waals surface area contributed by atoms with Gasteiger partial charge >= 0.3 is 17.9 Å². The van der Waals surface area contributed by atoms with Gasteiger partial charge in [0.15, 0.2) is 0 Å². The molecule has 0 spiro atoms. The fourth-order valence-corrected chi connectivity index (χ4v) is 0.296. The molecule has 0 fully saturated rings. The maximum Gasteiger partial charge on any atom is 0.330 e. The van der Waals surface area contributed by atoms with Gasteiger partial charge in [-0.2, -0.15) is 0 Å². The topological polar surface area (TPSA) is 121 Å². The van der Waals surface area contributed by atoms with E-state index < -0.39 is 17.9 Å². The average Bonchev–Trinajstić information content (AvgIpc) is 2.40. The minimum Gasteiger partial charge on any atom is -0.478 e. The number of carboxylic acids is 2. The summed E-state index contributed by atoms with van der Waals surface area (Å²) in [6, 6.07) is 0. The Morgan fingerprint density at radius 3 is 1.50 bits per heavy atom. The summed E-state index contributed by atoms with van der Waals surface area (Å²) in [5, 5.41) is 23.4. The van der Waals surface area contributed by atoms with Crippen molar-refractivity contribution < 1.29 is 34.4 Å². The first-order chi connectivity index (χ1) is 8.85. The van der Waals surface area contributed by atoms with E-state index >= 15 is 0 Å². The van der Waals surface area contributed by atoms with Crippen molar-refractivity contribution in [1.29, 1.82) is 0 Å². The van der Waals surface area contributed by atoms with Gasteiger partial charge in [-0.15, -0.1) is 0 Å². The molecule has 0 aromatic heterocycles. The smallest absolute Gasteiger partial charge is 0.330 e. The number of ether oxygens (including phenoxy) is 1. The van der Waals surface area contributed by atoms with Gasteiger partial charge in [-0.3, -0.25) is 0 Å². The summed E-state index contributed by atoms with van der Waals surface area (Å²) in [7, 11) is 0. The van der Waals surface area contributed by atoms with Crippen LogP contribution in [0.4, 0.5) is 0 Å². The second-order valence-electron chi connectivity index (χ2n) is 2.53. The molecule has 0 saturated heterocycles. The number of carbonyl (C=O) groups excluding carboxylic acids is 1. The molecule has 0 aromatic rings. The minimum absolute atomic E-state index is 0. The Labute approximate surface area is 139 Å². The zero-order chi connectivity index (χ0) is 15.7. The van der Waals surface area contributed by atoms with Crippen LogP contribution in [0.5, 0.6) is 0 Å². The van der Waals surface area contributed by atoms with Crippen molar-refractivity contribution in [3.05, 3.63) is 38.0 Å². The summed E-state index contributed by atoms with van der Waals surface area (Å²) in [5.41, 5.74) is 0. The van der Waals surface area contributed by atoms with Crippen LogP contribution in [0.1, 0.15) is 6.42 Å². The molecule has 1 radical (unpaired) electrons. The number of esters is 1. The zero-order valence-corrected chi connectivity index (χ0v) is 13.4. The van der Waals surface area contributed by atoms with Gasteiger partial charge in [-0.05, 0) is 0 Å². The first kappa shape index (κ1) is 27.0. The normalized spacial score (nSPS) is 7.05. The molecule has 109 valence electrons. The van der Waals surface area contributed by atoms with Crippen LogP contribution in [0.15, 0.2) is 38.0 Å². The van der Waals surface area contributed by atoms with E-state index in [0.29, 0.717) is 6.42 Å². The number of aliphatic hydroxyl groups excluding tert-OH is 1. The van der Waals surface area contributed by atoms with Gasteiger partial charge in [0, 0.05) is 60.8 Å². The molecular weight excluding hydrogens is 279 g/mol. The number of carboxylic acid groups (broad SMARTS) is 2. The van der Waals surface area contributed by atoms with Gasteiger partial charge in [-0.1, -0.05) is 19.7 Å². The Kier molecular flexibility index (Phi) is 30.7. The third kappa shape index (κ3) is 43.8. The summed E-state index contributed by atoms with van der Waals surface area (Å²) < 4.78 is 4.51. The molecule has 0 rings (SSSR count). The van der Waals surface area contributed by atoms with E-state index in [1.165, 1.54) is 0 Å². The molecule has 3 N–H and O–H groups in total. The first-order valence-electron chi connectivity index (χ1n) is 4.96. The van der Waals surface area contributed by atoms with Crippen LogP contribution in [-0.2, 0) is 19.1 Å². The minimum atomic E-state index is -0.981. The third-order valence-corrected chi connectivity index (χ3v) is 1.06. The molecule has 0 atom stereocenters. The molecule has 20 heavy (non-hydrogen) atoms. The fraction of sp³-hybridized carbons (Fsp3) is 0.250. The van der Waals surface area contributed by atoms with Crippen molar-refractivity contribution in [2.75, 3.05) is 13.2 Å². The van der Waals surface area contributed by atoms with Gasteiger partial charge in [-0.25, -0.2) is 14.4 Å². The standard InChI is InChI=1S/C6H10O3.2C3H4O2.Na/c1-2-6(8)9-5-3-4-7;2*1-2-3(4)5;/h2,7H,1,3-5H2;2*2H,1H2,(H,4,5);. The van der Waals surface area contributed by atoms with Gasteiger partial charge in [0.25, 0.3) is 0 Å². The number of rotatable bonds is 6. The van der Waals surface area contributed by atoms with Crippen molar-refractivity contribution in [3.63, 3.8) is 0 Å². The SMILES string of the molecule is C=CC(=O)O.C=CC(=O)O.C=CC(=O)OCCCO.[Na]. The van der Waals surface area contributed by atoms with Crippen LogP contribution in [0.2, 0.25) is 0 Å². The van der Waals surface area contributed by atoms with Crippen LogP contribution in [0.3, 0.4) is 0 Å². The second-order valence-corrected chi connectivity index (χ2v) is 2.53. The van der Waals surface area contributed by atoms with Gasteiger partial charge in [0.2, 0.25) is 0 Å². The molecule has 0 heterocycles. The molecule has 7 nitrogen and oxygen atoms in total. The van der Waals surface area contributed by atoms with Crippen LogP contribution in [-0.4, -0.2) is 76.0 Å². The summed E-state index contributed by atoms with van der Waals surface area (Å²) in [6.07, 6.45) is 3.25. The van der Waals surface area contributed by atoms with E-state index in [2.05, 4.69) is 24.5 Å². The number of aliphatic hydroxyl groups is 1. The molecule has 8 heteroatoms. The first-order valence-corrected chi connectivity index (χ1v) is 4.96. The molecule has 0 unspecified atom stereocenters. The largest absolute Gasteiger partial charge is 0.478 e. The fourth-order valence-electron chi connectivity index (χ4n) is 0.296. The molecule has 0 aliphatic heterocycles. The zero-order valence-electron chi connectivity index (χ0n) is 11.4. The van der Waals surface area contributed by atoms with E-state index in [-0.39, 0.29) is 42.8 Å². The van der Waals surface area contributed by atoms with E-state index in [9.17, 15) is 14.4 Å². The van der Waals surface area contributed by atoms with E-state index in [0.717, 1.165) is 18.2 Å². The maximum atomic E-state index is 10.3. The molecule has 0 aliphatic rings. The maximum absolute atomic E-state index is 10.3. The average molecular weight is 297 g/mol. The molecular formula is C12H18NaO7. The number of aliphatic carboxylic acids is 2. The van der Waals surface area contributed by atoms with Crippen molar-refractivity contribution in [3.8, 4) is 0 Å². The molecule has 0 bridgehead atoms. The van der Waals surface area contributed by atoms with Crippen LogP contribution < -0.4 is 0 Å². The van der Waals surface area contributed by atoms with Gasteiger partial charge in [0.05, 0.1) is 6.61 Å². The van der Waals surface area contributed by atoms with Gasteiger partial charge < -0.3 is 20.1 Å². The number of hydrogen-bond acceptors (Lipinski definition) is 5. The monoisotopic (exact) mass is 297 g/mol. The number of hydrogen-bond donors (Lipinski definition) is 3. The van der Waals surface area contributed by atoms with Crippen molar-refractivity contribution in [2.45, 2.75) is 6.42 Å². The van der Waals surface area contributed by atoms with Crippen molar-refractivity contribution in [2.24, 2.45) is 0 Å². The quantitative estimate of drug-likeness (QED) is 0.278. The van der Waals surface area contributed by atoms with Crippen LogP contribution in [0, 0.1) is 0 Å². The molecule has 0 amide bonds. The Balaban J connectivity index is -0.000000101. The Hall–Kier alpha value is -1.41. The van der Waals surface area contributed by atoms with Crippen molar-refractivity contribution >= 4 is 47.5 Å². The molecule has 0 aromatic carbocycles. The second kappa shape index (κ2) is 22.7. The molecule has 0 saturated carbocycles. The van der Waals surface area contributed by atoms with Crippen LogP contribution >= 0.6 is 0 Å².